The highest BCUT2D eigenvalue weighted by Crippen LogP contribution is 1.97. The van der Waals surface area contributed by atoms with Crippen molar-refractivity contribution in [3.63, 3.8) is 0 Å². The van der Waals surface area contributed by atoms with Gasteiger partial charge in [0.1, 0.15) is 0 Å². The van der Waals surface area contributed by atoms with E-state index >= 15 is 0 Å². The highest BCUT2D eigenvalue weighted by Gasteiger charge is 1.97. The maximum absolute atomic E-state index is 4.05. The van der Waals surface area contributed by atoms with Crippen LogP contribution in [0.5, 0.6) is 0 Å². The van der Waals surface area contributed by atoms with Gasteiger partial charge in [-0.1, -0.05) is 12.1 Å². The average Bonchev–Trinajstić information content (AvgIpc) is 2.17. The number of nitrogens with zero attached hydrogens (tertiary/aromatic N) is 1. The zero-order valence-electron chi connectivity index (χ0n) is 8.03. The molecule has 1 aromatic heterocycles. The van der Waals surface area contributed by atoms with E-state index in [2.05, 4.69) is 29.9 Å². The third-order valence-electron chi connectivity index (χ3n) is 1.90. The first-order valence-electron chi connectivity index (χ1n) is 4.56. The second kappa shape index (κ2) is 5.49. The molecule has 1 unspecified atom stereocenters. The Morgan fingerprint density at radius 2 is 2.54 bits per heavy atom. The van der Waals surface area contributed by atoms with Crippen LogP contribution in [-0.4, -0.2) is 11.0 Å². The van der Waals surface area contributed by atoms with E-state index in [1.165, 1.54) is 5.56 Å². The fourth-order valence-corrected chi connectivity index (χ4v) is 1.13. The van der Waals surface area contributed by atoms with Crippen LogP contribution in [0, 0.1) is 0 Å². The van der Waals surface area contributed by atoms with Gasteiger partial charge in [-0.2, -0.15) is 0 Å². The van der Waals surface area contributed by atoms with Gasteiger partial charge in [0, 0.05) is 25.0 Å². The molecule has 0 aliphatic carbocycles. The summed E-state index contributed by atoms with van der Waals surface area (Å²) in [5.41, 5.74) is 1.22. The summed E-state index contributed by atoms with van der Waals surface area (Å²) in [6.07, 6.45) is 6.60. The van der Waals surface area contributed by atoms with Crippen LogP contribution in [0.2, 0.25) is 0 Å². The van der Waals surface area contributed by atoms with Crippen molar-refractivity contribution in [3.8, 4) is 0 Å². The lowest BCUT2D eigenvalue weighted by atomic mass is 10.2. The van der Waals surface area contributed by atoms with Crippen molar-refractivity contribution in [2.24, 2.45) is 0 Å². The Morgan fingerprint density at radius 3 is 3.15 bits per heavy atom. The Hall–Kier alpha value is -1.15. The Morgan fingerprint density at radius 1 is 1.69 bits per heavy atom. The fourth-order valence-electron chi connectivity index (χ4n) is 1.13. The highest BCUT2D eigenvalue weighted by atomic mass is 14.9. The molecule has 0 fully saturated rings. The Kier molecular flexibility index (Phi) is 4.19. The molecule has 0 radical (unpaired) electrons. The third-order valence-corrected chi connectivity index (χ3v) is 1.90. The summed E-state index contributed by atoms with van der Waals surface area (Å²) in [4.78, 5) is 4.05. The summed E-state index contributed by atoms with van der Waals surface area (Å²) >= 11 is 0. The van der Waals surface area contributed by atoms with Gasteiger partial charge in [0.25, 0.3) is 0 Å². The molecule has 0 aliphatic heterocycles. The van der Waals surface area contributed by atoms with Crippen molar-refractivity contribution in [2.75, 3.05) is 0 Å². The first-order valence-corrected chi connectivity index (χ1v) is 4.56. The first-order chi connectivity index (χ1) is 6.33. The van der Waals surface area contributed by atoms with Crippen molar-refractivity contribution in [1.82, 2.24) is 10.3 Å². The number of pyridine rings is 1. The van der Waals surface area contributed by atoms with Crippen molar-refractivity contribution in [3.05, 3.63) is 42.7 Å². The van der Waals surface area contributed by atoms with Crippen LogP contribution >= 0.6 is 0 Å². The van der Waals surface area contributed by atoms with Gasteiger partial charge in [-0.05, 0) is 25.0 Å². The van der Waals surface area contributed by atoms with E-state index in [1.54, 1.807) is 6.20 Å². The molecular formula is C11H16N2. The Labute approximate surface area is 79.7 Å². The second-order valence-corrected chi connectivity index (χ2v) is 3.17. The van der Waals surface area contributed by atoms with Gasteiger partial charge >= 0.3 is 0 Å². The minimum absolute atomic E-state index is 0.484. The van der Waals surface area contributed by atoms with E-state index in [0.29, 0.717) is 6.04 Å². The summed E-state index contributed by atoms with van der Waals surface area (Å²) in [5, 5.41) is 3.39. The van der Waals surface area contributed by atoms with Crippen molar-refractivity contribution in [1.29, 1.82) is 0 Å². The molecule has 1 heterocycles. The molecule has 1 aromatic rings. The molecule has 0 spiro atoms. The van der Waals surface area contributed by atoms with Crippen molar-refractivity contribution >= 4 is 0 Å². The average molecular weight is 176 g/mol. The minimum Gasteiger partial charge on any atom is -0.310 e. The third kappa shape index (κ3) is 3.85. The lowest BCUT2D eigenvalue weighted by molar-refractivity contribution is 0.553. The molecule has 13 heavy (non-hydrogen) atoms. The molecular weight excluding hydrogens is 160 g/mol. The first kappa shape index (κ1) is 9.93. The largest absolute Gasteiger partial charge is 0.310 e. The summed E-state index contributed by atoms with van der Waals surface area (Å²) in [6, 6.07) is 4.51. The zero-order chi connectivity index (χ0) is 9.52. The van der Waals surface area contributed by atoms with Gasteiger partial charge in [-0.15, -0.1) is 6.58 Å². The smallest absolute Gasteiger partial charge is 0.0312 e. The van der Waals surface area contributed by atoms with Crippen molar-refractivity contribution < 1.29 is 0 Å². The molecule has 0 saturated carbocycles. The summed E-state index contributed by atoms with van der Waals surface area (Å²) in [6.45, 7) is 6.73. The fraction of sp³-hybridized carbons (Fsp3) is 0.364. The molecule has 0 bridgehead atoms. The standard InChI is InChI=1S/C11H16N2/c1-3-5-10(2)13-9-11-6-4-7-12-8-11/h3-4,6-8,10,13H,1,5,9H2,2H3. The predicted octanol–water partition coefficient (Wildman–Crippen LogP) is 2.14. The molecule has 70 valence electrons. The van der Waals surface area contributed by atoms with Crippen LogP contribution in [0.25, 0.3) is 0 Å². The van der Waals surface area contributed by atoms with Crippen LogP contribution in [0.4, 0.5) is 0 Å². The molecule has 0 aliphatic rings. The topological polar surface area (TPSA) is 24.9 Å². The number of hydrogen-bond acceptors (Lipinski definition) is 2. The Balaban J connectivity index is 2.30. The quantitative estimate of drug-likeness (QED) is 0.695. The summed E-state index contributed by atoms with van der Waals surface area (Å²) in [5.74, 6) is 0. The van der Waals surface area contributed by atoms with Gasteiger partial charge in [0.15, 0.2) is 0 Å². The number of rotatable bonds is 5. The summed E-state index contributed by atoms with van der Waals surface area (Å²) in [7, 11) is 0. The number of nitrogens with one attached hydrogen (secondary N) is 1. The van der Waals surface area contributed by atoms with Gasteiger partial charge in [-0.3, -0.25) is 4.98 Å². The lowest BCUT2D eigenvalue weighted by Crippen LogP contribution is -2.24. The monoisotopic (exact) mass is 176 g/mol. The van der Waals surface area contributed by atoms with Crippen LogP contribution < -0.4 is 5.32 Å². The molecule has 2 heteroatoms. The maximum Gasteiger partial charge on any atom is 0.0312 e. The van der Waals surface area contributed by atoms with E-state index in [-0.39, 0.29) is 0 Å². The molecule has 1 atom stereocenters. The van der Waals surface area contributed by atoms with Gasteiger partial charge in [0.2, 0.25) is 0 Å². The normalized spacial score (nSPS) is 12.4. The molecule has 1 N–H and O–H groups in total. The molecule has 0 amide bonds. The number of hydrogen-bond donors (Lipinski definition) is 1. The van der Waals surface area contributed by atoms with Crippen LogP contribution in [0.1, 0.15) is 18.9 Å². The van der Waals surface area contributed by atoms with Crippen LogP contribution in [0.15, 0.2) is 37.2 Å². The second-order valence-electron chi connectivity index (χ2n) is 3.17. The lowest BCUT2D eigenvalue weighted by Gasteiger charge is -2.10. The highest BCUT2D eigenvalue weighted by molar-refractivity contribution is 5.07. The molecule has 2 nitrogen and oxygen atoms in total. The van der Waals surface area contributed by atoms with E-state index in [1.807, 2.05) is 18.3 Å². The minimum atomic E-state index is 0.484. The van der Waals surface area contributed by atoms with Gasteiger partial charge < -0.3 is 5.32 Å². The van der Waals surface area contributed by atoms with Crippen LogP contribution in [-0.2, 0) is 6.54 Å². The molecule has 0 aromatic carbocycles. The van der Waals surface area contributed by atoms with Gasteiger partial charge in [0.05, 0.1) is 0 Å². The molecule has 1 rings (SSSR count). The zero-order valence-corrected chi connectivity index (χ0v) is 8.03. The van der Waals surface area contributed by atoms with Gasteiger partial charge in [-0.25, -0.2) is 0 Å². The van der Waals surface area contributed by atoms with E-state index < -0.39 is 0 Å². The van der Waals surface area contributed by atoms with E-state index in [4.69, 9.17) is 0 Å². The van der Waals surface area contributed by atoms with E-state index in [0.717, 1.165) is 13.0 Å². The van der Waals surface area contributed by atoms with Crippen molar-refractivity contribution in [2.45, 2.75) is 25.9 Å². The van der Waals surface area contributed by atoms with E-state index in [9.17, 15) is 0 Å². The maximum atomic E-state index is 4.05. The molecule has 0 saturated heterocycles. The predicted molar refractivity (Wildman–Crippen MR) is 55.4 cm³/mol. The summed E-state index contributed by atoms with van der Waals surface area (Å²) < 4.78 is 0. The van der Waals surface area contributed by atoms with Crippen LogP contribution in [0.3, 0.4) is 0 Å². The SMILES string of the molecule is C=CCC(C)NCc1cccnc1. The number of aromatic nitrogens is 1. The Bertz CT molecular complexity index is 244.